The van der Waals surface area contributed by atoms with E-state index in [4.69, 9.17) is 5.63 Å². The summed E-state index contributed by atoms with van der Waals surface area (Å²) in [6, 6.07) is 0. The number of hydrogen-bond acceptors (Lipinski definition) is 2. The predicted octanol–water partition coefficient (Wildman–Crippen LogP) is 0.344. The molecule has 2 atom stereocenters. The van der Waals surface area contributed by atoms with Crippen molar-refractivity contribution in [2.75, 3.05) is 0 Å². The van der Waals surface area contributed by atoms with E-state index >= 15 is 0 Å². The minimum absolute atomic E-state index is 0.372. The van der Waals surface area contributed by atoms with Gasteiger partial charge in [0.05, 0.1) is 0 Å². The molecule has 0 amide bonds. The van der Waals surface area contributed by atoms with Gasteiger partial charge in [0.2, 0.25) is 0 Å². The van der Waals surface area contributed by atoms with Gasteiger partial charge < -0.3 is 0 Å². The van der Waals surface area contributed by atoms with Crippen molar-refractivity contribution in [1.82, 2.24) is 0 Å². The van der Waals surface area contributed by atoms with E-state index in [0.29, 0.717) is 12.2 Å². The van der Waals surface area contributed by atoms with Gasteiger partial charge in [-0.3, -0.25) is 0 Å². The Hall–Kier alpha value is 0.803. The third-order valence-corrected chi connectivity index (χ3v) is 4.33. The van der Waals surface area contributed by atoms with Crippen LogP contribution in [0.4, 0.5) is 0 Å². The molecular weight excluding hydrogens is 289 g/mol. The molecule has 0 spiro atoms. The molecule has 0 aromatic rings. The second-order valence-corrected chi connectivity index (χ2v) is 3.91. The van der Waals surface area contributed by atoms with Crippen LogP contribution >= 0.6 is 0 Å². The first kappa shape index (κ1) is 5.93. The number of rotatable bonds is 0. The SMILES string of the molecule is CC1[O][Bi][O]C1C. The molecule has 0 aliphatic carbocycles. The topological polar surface area (TPSA) is 18.5 Å². The van der Waals surface area contributed by atoms with Crippen LogP contribution in [0.2, 0.25) is 0 Å². The van der Waals surface area contributed by atoms with E-state index in [1.165, 1.54) is 0 Å². The maximum atomic E-state index is 5.22. The first-order chi connectivity index (χ1) is 3.30. The zero-order valence-corrected chi connectivity index (χ0v) is 7.90. The molecule has 7 heavy (non-hydrogen) atoms. The third kappa shape index (κ3) is 1.34. The molecule has 0 aromatic heterocycles. The summed E-state index contributed by atoms with van der Waals surface area (Å²) in [5.41, 5.74) is 0. The van der Waals surface area contributed by atoms with Gasteiger partial charge in [-0.1, -0.05) is 0 Å². The Balaban J connectivity index is 2.33. The fourth-order valence-corrected chi connectivity index (χ4v) is 2.91. The van der Waals surface area contributed by atoms with Crippen LogP contribution in [0.25, 0.3) is 0 Å². The van der Waals surface area contributed by atoms with Gasteiger partial charge in [0.25, 0.3) is 0 Å². The summed E-state index contributed by atoms with van der Waals surface area (Å²) in [5, 5.41) is 0. The molecule has 0 aromatic carbocycles. The molecule has 0 saturated carbocycles. The second-order valence-electron chi connectivity index (χ2n) is 1.70. The molecule has 1 radical (unpaired) electrons. The molecule has 1 heterocycles. The van der Waals surface area contributed by atoms with Gasteiger partial charge in [0.15, 0.2) is 0 Å². The van der Waals surface area contributed by atoms with Crippen molar-refractivity contribution in [3.63, 3.8) is 0 Å². The maximum absolute atomic E-state index is 5.22. The van der Waals surface area contributed by atoms with E-state index < -0.39 is 24.1 Å². The summed E-state index contributed by atoms with van der Waals surface area (Å²) in [6.45, 7) is 4.11. The Kier molecular flexibility index (Phi) is 2.02. The van der Waals surface area contributed by atoms with Gasteiger partial charge in [0, 0.05) is 0 Å². The summed E-state index contributed by atoms with van der Waals surface area (Å²) in [4.78, 5) is 0. The normalized spacial score (nSPS) is 42.0. The van der Waals surface area contributed by atoms with Crippen LogP contribution in [0.3, 0.4) is 0 Å². The Morgan fingerprint density at radius 2 is 1.57 bits per heavy atom. The molecule has 3 heteroatoms. The molecule has 1 rings (SSSR count). The van der Waals surface area contributed by atoms with Crippen molar-refractivity contribution in [1.29, 1.82) is 0 Å². The van der Waals surface area contributed by atoms with Gasteiger partial charge >= 0.3 is 55.8 Å². The van der Waals surface area contributed by atoms with Gasteiger partial charge in [-0.15, -0.1) is 0 Å². The molecule has 2 unspecified atom stereocenters. The molecule has 41 valence electrons. The minimum atomic E-state index is -0.860. The Labute approximate surface area is 56.0 Å². The van der Waals surface area contributed by atoms with Crippen LogP contribution in [0.15, 0.2) is 0 Å². The first-order valence-electron chi connectivity index (χ1n) is 2.32. The quantitative estimate of drug-likeness (QED) is 0.601. The molecule has 2 nitrogen and oxygen atoms in total. The zero-order chi connectivity index (χ0) is 5.28. The molecule has 1 aliphatic rings. The van der Waals surface area contributed by atoms with Crippen LogP contribution in [0.1, 0.15) is 13.8 Å². The van der Waals surface area contributed by atoms with Gasteiger partial charge in [-0.05, 0) is 0 Å². The van der Waals surface area contributed by atoms with Crippen LogP contribution < -0.4 is 0 Å². The summed E-state index contributed by atoms with van der Waals surface area (Å²) in [6.07, 6.45) is 0.744. The van der Waals surface area contributed by atoms with E-state index in [9.17, 15) is 0 Å². The van der Waals surface area contributed by atoms with Crippen molar-refractivity contribution < 1.29 is 5.63 Å². The summed E-state index contributed by atoms with van der Waals surface area (Å²) >= 11 is -0.860. The van der Waals surface area contributed by atoms with Crippen LogP contribution in [0, 0.1) is 0 Å². The Morgan fingerprint density at radius 3 is 1.71 bits per heavy atom. The molecule has 0 bridgehead atoms. The van der Waals surface area contributed by atoms with Gasteiger partial charge in [-0.2, -0.15) is 0 Å². The van der Waals surface area contributed by atoms with Crippen molar-refractivity contribution in [3.05, 3.63) is 0 Å². The average Bonchev–Trinajstić information content (AvgIpc) is 1.91. The Morgan fingerprint density at radius 1 is 1.14 bits per heavy atom. The fourth-order valence-electron chi connectivity index (χ4n) is 0.332. The van der Waals surface area contributed by atoms with E-state index in [2.05, 4.69) is 13.8 Å². The summed E-state index contributed by atoms with van der Waals surface area (Å²) in [7, 11) is 0. The first-order valence-corrected chi connectivity index (χ1v) is 5.16. The Bertz CT molecular complexity index is 58.7. The van der Waals surface area contributed by atoms with E-state index in [0.717, 1.165) is 0 Å². The monoisotopic (exact) mass is 297 g/mol. The van der Waals surface area contributed by atoms with Gasteiger partial charge in [-0.25, -0.2) is 0 Å². The van der Waals surface area contributed by atoms with Crippen molar-refractivity contribution >= 4 is 24.1 Å². The van der Waals surface area contributed by atoms with E-state index in [-0.39, 0.29) is 0 Å². The van der Waals surface area contributed by atoms with Crippen LogP contribution in [-0.4, -0.2) is 36.3 Å². The second kappa shape index (κ2) is 2.38. The summed E-state index contributed by atoms with van der Waals surface area (Å²) in [5.74, 6) is 0. The van der Waals surface area contributed by atoms with Crippen LogP contribution in [-0.2, 0) is 5.63 Å². The standard InChI is InChI=1S/C4H8O2.Bi/c1-3(5)4(2)6;/h3-4H,1-2H3;/q-2;+2. The van der Waals surface area contributed by atoms with Crippen molar-refractivity contribution in [3.8, 4) is 0 Å². The summed E-state index contributed by atoms with van der Waals surface area (Å²) < 4.78 is 10.4. The molecule has 1 fully saturated rings. The molecular formula is C4H8BiO2. The molecule has 1 saturated heterocycles. The van der Waals surface area contributed by atoms with Crippen LogP contribution in [0.5, 0.6) is 0 Å². The predicted molar refractivity (Wildman–Crippen MR) is 26.8 cm³/mol. The van der Waals surface area contributed by atoms with Gasteiger partial charge in [0.1, 0.15) is 0 Å². The van der Waals surface area contributed by atoms with Crippen molar-refractivity contribution in [2.24, 2.45) is 0 Å². The number of hydrogen-bond donors (Lipinski definition) is 0. The van der Waals surface area contributed by atoms with Crippen molar-refractivity contribution in [2.45, 2.75) is 26.1 Å². The van der Waals surface area contributed by atoms with E-state index in [1.807, 2.05) is 0 Å². The average molecular weight is 297 g/mol. The molecule has 0 N–H and O–H groups in total. The fraction of sp³-hybridized carbons (Fsp3) is 1.00. The van der Waals surface area contributed by atoms with E-state index in [1.54, 1.807) is 0 Å². The zero-order valence-electron chi connectivity index (χ0n) is 4.42. The molecule has 1 aliphatic heterocycles. The third-order valence-electron chi connectivity index (χ3n) is 1.08.